The number of benzene rings is 2. The normalized spacial score (nSPS) is 12.7. The highest BCUT2D eigenvalue weighted by atomic mass is 35.5. The number of aromatic nitrogens is 2. The number of rotatable bonds is 7. The Morgan fingerprint density at radius 1 is 1.31 bits per heavy atom. The summed E-state index contributed by atoms with van der Waals surface area (Å²) in [5, 5.41) is 21.2. The fraction of sp³-hybridized carbons (Fsp3) is 0.240. The van der Waals surface area contributed by atoms with Gasteiger partial charge in [-0.25, -0.2) is 9.78 Å². The van der Waals surface area contributed by atoms with Gasteiger partial charge in [0.2, 0.25) is 5.13 Å². The van der Waals surface area contributed by atoms with Gasteiger partial charge in [-0.05, 0) is 50.6 Å². The number of para-hydroxylation sites is 1. The maximum Gasteiger partial charge on any atom is 0.408 e. The number of alkyl carbamates (subject to hydrolysis) is 1. The number of hydrogen-bond acceptors (Lipinski definition) is 7. The van der Waals surface area contributed by atoms with Gasteiger partial charge in [0.25, 0.3) is 0 Å². The maximum absolute atomic E-state index is 12.4. The van der Waals surface area contributed by atoms with Crippen LogP contribution in [0.15, 0.2) is 59.1 Å². The summed E-state index contributed by atoms with van der Waals surface area (Å²) in [4.78, 5) is 20.2. The molecule has 0 aliphatic carbocycles. The summed E-state index contributed by atoms with van der Waals surface area (Å²) in [5.74, 6) is 0.0927. The van der Waals surface area contributed by atoms with Crippen molar-refractivity contribution in [2.45, 2.75) is 38.8 Å². The second-order valence-corrected chi connectivity index (χ2v) is 10.2. The van der Waals surface area contributed by atoms with Crippen LogP contribution in [0.5, 0.6) is 5.75 Å². The van der Waals surface area contributed by atoms with Gasteiger partial charge in [0.05, 0.1) is 11.7 Å². The summed E-state index contributed by atoms with van der Waals surface area (Å²) in [5.41, 5.74) is 5.46. The van der Waals surface area contributed by atoms with Crippen LogP contribution in [0.4, 0.5) is 9.93 Å². The Bertz CT molecular complexity index is 1360. The average molecular weight is 512 g/mol. The average Bonchev–Trinajstić information content (AvgIpc) is 3.41. The number of phenolic OH excluding ortho intramolecular Hbond substituents is 1. The number of aromatic hydroxyl groups is 1. The van der Waals surface area contributed by atoms with Crippen LogP contribution < -0.4 is 10.7 Å². The van der Waals surface area contributed by atoms with Crippen molar-refractivity contribution in [3.8, 4) is 17.0 Å². The maximum atomic E-state index is 12.4. The summed E-state index contributed by atoms with van der Waals surface area (Å²) >= 11 is 7.38. The van der Waals surface area contributed by atoms with Crippen LogP contribution in [0.3, 0.4) is 0 Å². The summed E-state index contributed by atoms with van der Waals surface area (Å²) < 4.78 is 5.43. The lowest BCUT2D eigenvalue weighted by Gasteiger charge is -2.22. The van der Waals surface area contributed by atoms with Crippen molar-refractivity contribution in [1.29, 1.82) is 0 Å². The molecule has 1 amide bonds. The molecule has 0 spiro atoms. The summed E-state index contributed by atoms with van der Waals surface area (Å²) in [7, 11) is 0. The van der Waals surface area contributed by atoms with Crippen molar-refractivity contribution in [2.75, 3.05) is 5.43 Å². The summed E-state index contributed by atoms with van der Waals surface area (Å²) in [6.45, 7) is 5.44. The number of H-pyrrole nitrogens is 1. The Morgan fingerprint density at radius 3 is 2.91 bits per heavy atom. The van der Waals surface area contributed by atoms with E-state index in [2.05, 4.69) is 25.8 Å². The molecule has 0 saturated heterocycles. The van der Waals surface area contributed by atoms with Gasteiger partial charge in [0.15, 0.2) is 0 Å². The van der Waals surface area contributed by atoms with E-state index in [0.717, 1.165) is 16.5 Å². The first-order valence-corrected chi connectivity index (χ1v) is 12.2. The van der Waals surface area contributed by atoms with Crippen LogP contribution in [0.25, 0.3) is 22.2 Å². The third-order valence-corrected chi connectivity index (χ3v) is 5.95. The third-order valence-electron chi connectivity index (χ3n) is 4.97. The van der Waals surface area contributed by atoms with E-state index in [4.69, 9.17) is 16.3 Å². The molecule has 0 bridgehead atoms. The van der Waals surface area contributed by atoms with Gasteiger partial charge in [-0.1, -0.05) is 29.8 Å². The van der Waals surface area contributed by atoms with Crippen molar-refractivity contribution < 1.29 is 14.6 Å². The molecular weight excluding hydrogens is 486 g/mol. The quantitative estimate of drug-likeness (QED) is 0.175. The molecule has 2 heterocycles. The van der Waals surface area contributed by atoms with E-state index in [1.165, 1.54) is 17.4 Å². The monoisotopic (exact) mass is 511 g/mol. The SMILES string of the molecule is CC(C)(C)OC(=O)N[C@H](/C=N\Nc1nc(-c2cc(Cl)ccc2O)cs1)Cc1c[nH]c2ccccc12. The number of amides is 1. The minimum Gasteiger partial charge on any atom is -0.507 e. The Balaban J connectivity index is 1.49. The van der Waals surface area contributed by atoms with E-state index < -0.39 is 17.7 Å². The fourth-order valence-corrected chi connectivity index (χ4v) is 4.31. The van der Waals surface area contributed by atoms with Gasteiger partial charge >= 0.3 is 6.09 Å². The molecule has 8 nitrogen and oxygen atoms in total. The molecule has 0 saturated carbocycles. The number of halogens is 1. The molecule has 35 heavy (non-hydrogen) atoms. The first kappa shape index (κ1) is 24.6. The van der Waals surface area contributed by atoms with E-state index >= 15 is 0 Å². The number of thiazole rings is 1. The molecule has 2 aromatic carbocycles. The Kier molecular flexibility index (Phi) is 7.28. The molecule has 0 aliphatic rings. The highest BCUT2D eigenvalue weighted by Gasteiger charge is 2.20. The van der Waals surface area contributed by atoms with Crippen molar-refractivity contribution >= 4 is 51.3 Å². The van der Waals surface area contributed by atoms with Crippen LogP contribution in [0.2, 0.25) is 5.02 Å². The second kappa shape index (κ2) is 10.4. The van der Waals surface area contributed by atoms with Crippen LogP contribution in [0.1, 0.15) is 26.3 Å². The lowest BCUT2D eigenvalue weighted by Crippen LogP contribution is -2.41. The van der Waals surface area contributed by atoms with Gasteiger partial charge < -0.3 is 20.1 Å². The van der Waals surface area contributed by atoms with Gasteiger partial charge in [-0.2, -0.15) is 5.10 Å². The topological polar surface area (TPSA) is 112 Å². The van der Waals surface area contributed by atoms with E-state index in [0.29, 0.717) is 27.8 Å². The molecule has 10 heteroatoms. The fourth-order valence-electron chi connectivity index (χ4n) is 3.48. The molecule has 2 aromatic heterocycles. The smallest absolute Gasteiger partial charge is 0.408 e. The third kappa shape index (κ3) is 6.52. The Hall–Kier alpha value is -3.56. The highest BCUT2D eigenvalue weighted by Crippen LogP contribution is 2.33. The van der Waals surface area contributed by atoms with E-state index in [9.17, 15) is 9.90 Å². The molecule has 4 rings (SSSR count). The molecule has 4 N–H and O–H groups in total. The van der Waals surface area contributed by atoms with Crippen molar-refractivity contribution in [2.24, 2.45) is 5.10 Å². The Morgan fingerprint density at radius 2 is 2.11 bits per heavy atom. The molecular formula is C25H26ClN5O3S. The van der Waals surface area contributed by atoms with E-state index in [1.807, 2.05) is 51.2 Å². The summed E-state index contributed by atoms with van der Waals surface area (Å²) in [6, 6.07) is 12.3. The molecule has 182 valence electrons. The zero-order chi connectivity index (χ0) is 25.0. The molecule has 0 fully saturated rings. The number of carbonyl (C=O) groups is 1. The Labute approximate surface area is 212 Å². The number of fused-ring (bicyclic) bond motifs is 1. The van der Waals surface area contributed by atoms with Gasteiger partial charge in [-0.15, -0.1) is 11.3 Å². The number of nitrogens with one attached hydrogen (secondary N) is 3. The van der Waals surface area contributed by atoms with Gasteiger partial charge in [0.1, 0.15) is 11.4 Å². The number of phenols is 1. The number of hydrogen-bond donors (Lipinski definition) is 4. The molecule has 4 aromatic rings. The predicted molar refractivity (Wildman–Crippen MR) is 141 cm³/mol. The minimum absolute atomic E-state index is 0.0927. The van der Waals surface area contributed by atoms with Crippen LogP contribution >= 0.6 is 22.9 Å². The zero-order valence-corrected chi connectivity index (χ0v) is 21.1. The number of carbonyl (C=O) groups excluding carboxylic acids is 1. The number of hydrazone groups is 1. The van der Waals surface area contributed by atoms with E-state index in [1.54, 1.807) is 23.7 Å². The minimum atomic E-state index is -0.617. The number of anilines is 1. The second-order valence-electron chi connectivity index (χ2n) is 8.91. The zero-order valence-electron chi connectivity index (χ0n) is 19.5. The van der Waals surface area contributed by atoms with Gasteiger partial charge in [-0.3, -0.25) is 5.43 Å². The van der Waals surface area contributed by atoms with Crippen LogP contribution in [0, 0.1) is 0 Å². The largest absolute Gasteiger partial charge is 0.507 e. The molecule has 0 radical (unpaired) electrons. The van der Waals surface area contributed by atoms with Crippen molar-refractivity contribution in [3.63, 3.8) is 0 Å². The number of nitrogens with zero attached hydrogens (tertiary/aromatic N) is 2. The first-order valence-electron chi connectivity index (χ1n) is 11.0. The molecule has 0 aliphatic heterocycles. The van der Waals surface area contributed by atoms with Crippen molar-refractivity contribution in [3.05, 3.63) is 64.6 Å². The predicted octanol–water partition coefficient (Wildman–Crippen LogP) is 6.18. The summed E-state index contributed by atoms with van der Waals surface area (Å²) in [6.07, 6.45) is 3.53. The van der Waals surface area contributed by atoms with Crippen LogP contribution in [-0.2, 0) is 11.2 Å². The number of aromatic amines is 1. The highest BCUT2D eigenvalue weighted by molar-refractivity contribution is 7.14. The standard InChI is InChI=1S/C25H26ClN5O3S/c1-25(2,3)34-24(33)29-17(10-15-12-27-20-7-5-4-6-18(15)20)13-28-31-23-30-21(14-35-23)19-11-16(26)8-9-22(19)32/h4-9,11-14,17,27,32H,10H2,1-3H3,(H,29,33)(H,30,31)/b28-13-/t17-/m0/s1. The molecule has 1 atom stereocenters. The molecule has 0 unspecified atom stereocenters. The van der Waals surface area contributed by atoms with E-state index in [-0.39, 0.29) is 5.75 Å². The first-order chi connectivity index (χ1) is 16.7. The van der Waals surface area contributed by atoms with Crippen molar-refractivity contribution in [1.82, 2.24) is 15.3 Å². The lowest BCUT2D eigenvalue weighted by atomic mass is 10.1. The van der Waals surface area contributed by atoms with Gasteiger partial charge in [0, 0.05) is 45.7 Å². The number of ether oxygens (including phenoxy) is 1. The lowest BCUT2D eigenvalue weighted by molar-refractivity contribution is 0.0519. The van der Waals surface area contributed by atoms with Crippen LogP contribution in [-0.4, -0.2) is 39.0 Å².